The van der Waals surface area contributed by atoms with E-state index in [1.54, 1.807) is 6.07 Å². The second kappa shape index (κ2) is 12.1. The summed E-state index contributed by atoms with van der Waals surface area (Å²) in [5, 5.41) is 3.15. The van der Waals surface area contributed by atoms with Crippen LogP contribution in [-0.4, -0.2) is 12.5 Å². The Hall–Kier alpha value is -4.05. The van der Waals surface area contributed by atoms with Crippen LogP contribution in [0.3, 0.4) is 0 Å². The lowest BCUT2D eigenvalue weighted by Gasteiger charge is -2.16. The van der Waals surface area contributed by atoms with Gasteiger partial charge in [-0.25, -0.2) is 0 Å². The number of nitrogens with one attached hydrogen (secondary N) is 1. The van der Waals surface area contributed by atoms with Gasteiger partial charge in [0, 0.05) is 16.8 Å². The SMILES string of the molecule is CCOc1ccc(C(=O)Nc2c(CC)cccc2CC)cc1COc1ccc(-c2ccccc2)cc1. The van der Waals surface area contributed by atoms with Crippen molar-refractivity contribution < 1.29 is 14.3 Å². The molecule has 0 saturated heterocycles. The lowest BCUT2D eigenvalue weighted by atomic mass is 10.0. The molecule has 36 heavy (non-hydrogen) atoms. The molecule has 0 aliphatic heterocycles. The molecule has 4 heteroatoms. The minimum atomic E-state index is -0.137. The highest BCUT2D eigenvalue weighted by atomic mass is 16.5. The van der Waals surface area contributed by atoms with E-state index < -0.39 is 0 Å². The van der Waals surface area contributed by atoms with E-state index >= 15 is 0 Å². The Balaban J connectivity index is 1.52. The number of para-hydroxylation sites is 1. The largest absolute Gasteiger partial charge is 0.493 e. The fraction of sp³-hybridized carbons (Fsp3) is 0.219. The number of hydrogen-bond acceptors (Lipinski definition) is 3. The summed E-state index contributed by atoms with van der Waals surface area (Å²) in [6.07, 6.45) is 1.71. The van der Waals surface area contributed by atoms with Crippen LogP contribution in [0.2, 0.25) is 0 Å². The Morgan fingerprint density at radius 2 is 1.36 bits per heavy atom. The fourth-order valence-electron chi connectivity index (χ4n) is 4.25. The summed E-state index contributed by atoms with van der Waals surface area (Å²) in [5.74, 6) is 1.34. The molecule has 4 aromatic rings. The van der Waals surface area contributed by atoms with E-state index in [9.17, 15) is 4.79 Å². The van der Waals surface area contributed by atoms with Gasteiger partial charge in [-0.2, -0.15) is 0 Å². The summed E-state index contributed by atoms with van der Waals surface area (Å²) >= 11 is 0. The monoisotopic (exact) mass is 479 g/mol. The van der Waals surface area contributed by atoms with E-state index in [2.05, 4.69) is 55.6 Å². The average Bonchev–Trinajstić information content (AvgIpc) is 2.93. The van der Waals surface area contributed by atoms with Crippen molar-refractivity contribution in [2.45, 2.75) is 40.2 Å². The quantitative estimate of drug-likeness (QED) is 0.253. The second-order valence-electron chi connectivity index (χ2n) is 8.55. The predicted octanol–water partition coefficient (Wildman–Crippen LogP) is 7.71. The Morgan fingerprint density at radius 1 is 0.694 bits per heavy atom. The molecule has 0 radical (unpaired) electrons. The van der Waals surface area contributed by atoms with Gasteiger partial charge in [0.05, 0.1) is 6.61 Å². The van der Waals surface area contributed by atoms with Gasteiger partial charge in [0.25, 0.3) is 5.91 Å². The van der Waals surface area contributed by atoms with Crippen LogP contribution >= 0.6 is 0 Å². The highest BCUT2D eigenvalue weighted by molar-refractivity contribution is 6.05. The number of aryl methyl sites for hydroxylation is 2. The molecule has 0 aromatic heterocycles. The number of hydrogen-bond donors (Lipinski definition) is 1. The fourth-order valence-corrected chi connectivity index (χ4v) is 4.25. The zero-order valence-electron chi connectivity index (χ0n) is 21.2. The lowest BCUT2D eigenvalue weighted by Crippen LogP contribution is -2.15. The zero-order chi connectivity index (χ0) is 25.3. The van der Waals surface area contributed by atoms with Crippen molar-refractivity contribution in [1.82, 2.24) is 0 Å². The van der Waals surface area contributed by atoms with Crippen LogP contribution in [0.25, 0.3) is 11.1 Å². The molecule has 0 aliphatic rings. The van der Waals surface area contributed by atoms with E-state index in [4.69, 9.17) is 9.47 Å². The molecular weight excluding hydrogens is 446 g/mol. The number of carbonyl (C=O) groups excluding carboxylic acids is 1. The molecule has 0 heterocycles. The van der Waals surface area contributed by atoms with Crippen LogP contribution in [0.1, 0.15) is 47.8 Å². The van der Waals surface area contributed by atoms with Crippen molar-refractivity contribution in [2.75, 3.05) is 11.9 Å². The van der Waals surface area contributed by atoms with Crippen LogP contribution in [0.15, 0.2) is 91.0 Å². The first-order valence-corrected chi connectivity index (χ1v) is 12.6. The summed E-state index contributed by atoms with van der Waals surface area (Å²) in [4.78, 5) is 13.2. The maximum atomic E-state index is 13.2. The molecule has 0 unspecified atom stereocenters. The number of anilines is 1. The van der Waals surface area contributed by atoms with Gasteiger partial charge in [0.1, 0.15) is 18.1 Å². The van der Waals surface area contributed by atoms with E-state index in [-0.39, 0.29) is 5.91 Å². The third kappa shape index (κ3) is 5.95. The highest BCUT2D eigenvalue weighted by Gasteiger charge is 2.15. The van der Waals surface area contributed by atoms with Crippen molar-refractivity contribution in [2.24, 2.45) is 0 Å². The lowest BCUT2D eigenvalue weighted by molar-refractivity contribution is 0.102. The summed E-state index contributed by atoms with van der Waals surface area (Å²) in [6.45, 7) is 6.98. The van der Waals surface area contributed by atoms with E-state index in [1.165, 1.54) is 0 Å². The van der Waals surface area contributed by atoms with Crippen molar-refractivity contribution >= 4 is 11.6 Å². The minimum absolute atomic E-state index is 0.137. The molecule has 1 amide bonds. The van der Waals surface area contributed by atoms with Gasteiger partial charge < -0.3 is 14.8 Å². The molecule has 4 rings (SSSR count). The van der Waals surface area contributed by atoms with Crippen molar-refractivity contribution in [3.63, 3.8) is 0 Å². The average molecular weight is 480 g/mol. The van der Waals surface area contributed by atoms with Gasteiger partial charge in [0.2, 0.25) is 0 Å². The molecule has 0 spiro atoms. The van der Waals surface area contributed by atoms with Gasteiger partial charge in [-0.15, -0.1) is 0 Å². The first-order valence-electron chi connectivity index (χ1n) is 12.6. The first-order chi connectivity index (χ1) is 17.6. The topological polar surface area (TPSA) is 47.6 Å². The Kier molecular flexibility index (Phi) is 8.40. The molecular formula is C32H33NO3. The third-order valence-corrected chi connectivity index (χ3v) is 6.22. The number of ether oxygens (including phenoxy) is 2. The van der Waals surface area contributed by atoms with Gasteiger partial charge in [-0.3, -0.25) is 4.79 Å². The Morgan fingerprint density at radius 3 is 2.00 bits per heavy atom. The number of carbonyl (C=O) groups is 1. The molecule has 4 aromatic carbocycles. The summed E-state index contributed by atoms with van der Waals surface area (Å²) in [5.41, 5.74) is 6.89. The van der Waals surface area contributed by atoms with Crippen LogP contribution in [0.4, 0.5) is 5.69 Å². The maximum Gasteiger partial charge on any atom is 0.255 e. The third-order valence-electron chi connectivity index (χ3n) is 6.22. The normalized spacial score (nSPS) is 10.6. The number of amides is 1. The zero-order valence-corrected chi connectivity index (χ0v) is 21.2. The van der Waals surface area contributed by atoms with E-state index in [0.29, 0.717) is 18.8 Å². The molecule has 0 saturated carbocycles. The van der Waals surface area contributed by atoms with Crippen LogP contribution in [-0.2, 0) is 19.4 Å². The van der Waals surface area contributed by atoms with Gasteiger partial charge in [-0.05, 0) is 72.4 Å². The van der Waals surface area contributed by atoms with Crippen LogP contribution < -0.4 is 14.8 Å². The summed E-state index contributed by atoms with van der Waals surface area (Å²) < 4.78 is 11.9. The molecule has 0 atom stereocenters. The molecule has 0 fully saturated rings. The van der Waals surface area contributed by atoms with Gasteiger partial charge in [-0.1, -0.05) is 74.5 Å². The molecule has 4 nitrogen and oxygen atoms in total. The van der Waals surface area contributed by atoms with Crippen molar-refractivity contribution in [3.05, 3.63) is 113 Å². The van der Waals surface area contributed by atoms with Gasteiger partial charge >= 0.3 is 0 Å². The second-order valence-corrected chi connectivity index (χ2v) is 8.55. The molecule has 0 bridgehead atoms. The van der Waals surface area contributed by atoms with Crippen LogP contribution in [0, 0.1) is 0 Å². The van der Waals surface area contributed by atoms with Crippen LogP contribution in [0.5, 0.6) is 11.5 Å². The van der Waals surface area contributed by atoms with E-state index in [1.807, 2.05) is 55.5 Å². The standard InChI is InChI=1S/C32H33NO3/c1-4-23-13-10-14-24(5-2)31(23)33-32(34)27-17-20-30(35-6-3)28(21-27)22-36-29-18-15-26(16-19-29)25-11-8-7-9-12-25/h7-21H,4-6,22H2,1-3H3,(H,33,34). The molecule has 1 N–H and O–H groups in total. The summed E-state index contributed by atoms with van der Waals surface area (Å²) in [7, 11) is 0. The number of benzene rings is 4. The summed E-state index contributed by atoms with van der Waals surface area (Å²) in [6, 6.07) is 30.0. The van der Waals surface area contributed by atoms with Crippen molar-refractivity contribution in [3.8, 4) is 22.6 Å². The highest BCUT2D eigenvalue weighted by Crippen LogP contribution is 2.27. The van der Waals surface area contributed by atoms with Gasteiger partial charge in [0.15, 0.2) is 0 Å². The predicted molar refractivity (Wildman–Crippen MR) is 147 cm³/mol. The van der Waals surface area contributed by atoms with Crippen molar-refractivity contribution in [1.29, 1.82) is 0 Å². The minimum Gasteiger partial charge on any atom is -0.493 e. The smallest absolute Gasteiger partial charge is 0.255 e. The maximum absolute atomic E-state index is 13.2. The number of rotatable bonds is 10. The molecule has 0 aliphatic carbocycles. The molecule has 184 valence electrons. The van der Waals surface area contributed by atoms with E-state index in [0.717, 1.165) is 57.8 Å². The first kappa shape index (κ1) is 25.1. The Labute approximate surface area is 213 Å². The Bertz CT molecular complexity index is 1270.